The van der Waals surface area contributed by atoms with E-state index >= 15 is 0 Å². The molecule has 6 rings (SSSR count). The van der Waals surface area contributed by atoms with Gasteiger partial charge in [0.25, 0.3) is 0 Å². The maximum absolute atomic E-state index is 3.15. The molecular weight excluding hydrogens is 631 g/mol. The maximum atomic E-state index is 3.15. The molecule has 0 bridgehead atoms. The molecule has 3 heteroatoms. The summed E-state index contributed by atoms with van der Waals surface area (Å²) >= 11 is 1.67. The standard InChI is InChI=1S/C23H21.C9H18.C7H9.2ClH.Zr/c1-22(2)7-5-14-10-18-16(12-20(14)22)9-17-13-21-15(11-19(17)18)6-8-23(21,3)4;1-3-5-7-9-8-6-4-2;1-6-3-4-7(2)5-6;;;/h5-13H,1-4H3;3-8H2,1-2H3;3,5,7H,1-2H3;2*1H;/q-1;;-1;;;+2/p-2. The van der Waals surface area contributed by atoms with E-state index in [9.17, 15) is 0 Å². The van der Waals surface area contributed by atoms with E-state index in [-0.39, 0.29) is 35.6 Å². The van der Waals surface area contributed by atoms with E-state index < -0.39 is 0 Å². The van der Waals surface area contributed by atoms with Crippen LogP contribution in [0.25, 0.3) is 33.7 Å². The summed E-state index contributed by atoms with van der Waals surface area (Å²) in [7, 11) is 0. The normalized spacial score (nSPS) is 17.9. The van der Waals surface area contributed by atoms with Crippen molar-refractivity contribution in [2.24, 2.45) is 5.92 Å². The second-order valence-electron chi connectivity index (χ2n) is 13.1. The average Bonchev–Trinajstić information content (AvgIpc) is 3.64. The molecule has 0 heterocycles. The van der Waals surface area contributed by atoms with E-state index in [1.807, 2.05) is 6.08 Å². The molecule has 0 fully saturated rings. The molecule has 0 aliphatic heterocycles. The van der Waals surface area contributed by atoms with E-state index in [2.05, 4.69) is 122 Å². The Morgan fingerprint density at radius 3 is 1.60 bits per heavy atom. The molecule has 0 nitrogen and oxygen atoms in total. The molecule has 224 valence electrons. The van der Waals surface area contributed by atoms with Crippen molar-refractivity contribution in [2.45, 2.75) is 105 Å². The van der Waals surface area contributed by atoms with Crippen molar-refractivity contribution >= 4 is 36.9 Å². The number of hydrogen-bond acceptors (Lipinski definition) is 0. The summed E-state index contributed by atoms with van der Waals surface area (Å²) in [6, 6.07) is 11.9. The predicted molar refractivity (Wildman–Crippen MR) is 176 cm³/mol. The largest absolute Gasteiger partial charge is 1.00 e. The second-order valence-corrected chi connectivity index (χ2v) is 14.9. The summed E-state index contributed by atoms with van der Waals surface area (Å²) in [5.41, 5.74) is 7.31. The first-order valence-electron chi connectivity index (χ1n) is 15.4. The van der Waals surface area contributed by atoms with Crippen molar-refractivity contribution in [3.63, 3.8) is 0 Å². The zero-order valence-electron chi connectivity index (χ0n) is 26.9. The Kier molecular flexibility index (Phi) is 13.6. The zero-order chi connectivity index (χ0) is 29.1. The van der Waals surface area contributed by atoms with Gasteiger partial charge >= 0.3 is 79.8 Å². The summed E-state index contributed by atoms with van der Waals surface area (Å²) in [4.78, 5) is 0. The van der Waals surface area contributed by atoms with Gasteiger partial charge in [-0.25, -0.2) is 11.6 Å². The van der Waals surface area contributed by atoms with Crippen molar-refractivity contribution < 1.29 is 49.0 Å². The van der Waals surface area contributed by atoms with Crippen LogP contribution >= 0.6 is 0 Å². The number of benzene rings is 2. The van der Waals surface area contributed by atoms with E-state index in [1.165, 1.54) is 87.9 Å². The minimum absolute atomic E-state index is 0. The van der Waals surface area contributed by atoms with Crippen LogP contribution in [-0.2, 0) is 35.1 Å². The minimum atomic E-state index is 0. The fraction of sp³-hybridized carbons (Fsp3) is 0.436. The van der Waals surface area contributed by atoms with Gasteiger partial charge in [-0.15, -0.1) is 46.7 Å². The Bertz CT molecular complexity index is 1410. The van der Waals surface area contributed by atoms with Gasteiger partial charge in [-0.3, -0.25) is 6.08 Å². The number of fused-ring (bicyclic) bond motifs is 5. The van der Waals surface area contributed by atoms with Crippen molar-refractivity contribution in [2.75, 3.05) is 0 Å². The molecule has 0 spiro atoms. The Balaban J connectivity index is 0.000000273. The SMILES string of the molecule is CC1(C)C=Cc2cc3c(cc21)[cH-]c1cc2c(cc13)C=CC2(C)C.CC1=CC(C)[C-]=C1.CCCC[C](=[Zr+2])CCCC.[Cl-].[Cl-]. The molecule has 3 aromatic rings. The third-order valence-corrected chi connectivity index (χ3v) is 9.77. The van der Waals surface area contributed by atoms with Gasteiger partial charge in [0.15, 0.2) is 0 Å². The molecule has 1 atom stereocenters. The molecule has 0 amide bonds. The smallest absolute Gasteiger partial charge is 1.00 e. The van der Waals surface area contributed by atoms with Gasteiger partial charge in [0.05, 0.1) is 0 Å². The number of halogens is 2. The van der Waals surface area contributed by atoms with Gasteiger partial charge in [-0.1, -0.05) is 88.1 Å². The van der Waals surface area contributed by atoms with Crippen LogP contribution in [-0.4, -0.2) is 3.21 Å². The summed E-state index contributed by atoms with van der Waals surface area (Å²) in [6.07, 6.45) is 24.9. The van der Waals surface area contributed by atoms with Crippen molar-refractivity contribution in [1.29, 1.82) is 0 Å². The van der Waals surface area contributed by atoms with Gasteiger partial charge in [-0.05, 0) is 11.1 Å². The number of allylic oxidation sites excluding steroid dienone is 6. The van der Waals surface area contributed by atoms with Crippen LogP contribution < -0.4 is 24.8 Å². The molecular formula is C39H48Cl2Zr-2. The fourth-order valence-electron chi connectivity index (χ4n) is 5.97. The van der Waals surface area contributed by atoms with E-state index in [4.69, 9.17) is 0 Å². The van der Waals surface area contributed by atoms with Gasteiger partial charge in [-0.2, -0.15) is 6.08 Å². The average molecular weight is 679 g/mol. The molecule has 0 radical (unpaired) electrons. The number of hydrogen-bond donors (Lipinski definition) is 0. The predicted octanol–water partition coefficient (Wildman–Crippen LogP) is 5.36. The van der Waals surface area contributed by atoms with Crippen LogP contribution in [0.3, 0.4) is 0 Å². The third kappa shape index (κ3) is 8.61. The van der Waals surface area contributed by atoms with E-state index in [0.29, 0.717) is 5.92 Å². The van der Waals surface area contributed by atoms with Crippen LogP contribution in [0.5, 0.6) is 0 Å². The summed E-state index contributed by atoms with van der Waals surface area (Å²) < 4.78 is 1.79. The summed E-state index contributed by atoms with van der Waals surface area (Å²) in [5, 5.41) is 5.53. The van der Waals surface area contributed by atoms with Crippen molar-refractivity contribution in [1.82, 2.24) is 0 Å². The van der Waals surface area contributed by atoms with Crippen LogP contribution in [0.1, 0.15) is 116 Å². The van der Waals surface area contributed by atoms with E-state index in [1.54, 1.807) is 27.4 Å². The van der Waals surface area contributed by atoms with Crippen LogP contribution in [0.15, 0.2) is 60.2 Å². The van der Waals surface area contributed by atoms with Crippen LogP contribution in [0.4, 0.5) is 0 Å². The first-order valence-corrected chi connectivity index (χ1v) is 16.6. The quantitative estimate of drug-likeness (QED) is 0.309. The van der Waals surface area contributed by atoms with Crippen molar-refractivity contribution in [3.8, 4) is 0 Å². The molecule has 3 aliphatic rings. The number of unbranched alkanes of at least 4 members (excludes halogenated alkanes) is 2. The first kappa shape index (κ1) is 36.8. The molecule has 0 saturated carbocycles. The summed E-state index contributed by atoms with van der Waals surface area (Å²) in [5.74, 6) is 0.556. The molecule has 0 aromatic heterocycles. The molecule has 3 aliphatic carbocycles. The van der Waals surface area contributed by atoms with Crippen molar-refractivity contribution in [3.05, 3.63) is 88.5 Å². The Labute approximate surface area is 283 Å². The number of rotatable bonds is 6. The monoisotopic (exact) mass is 676 g/mol. The van der Waals surface area contributed by atoms with Crippen LogP contribution in [0, 0.1) is 12.0 Å². The van der Waals surface area contributed by atoms with E-state index in [0.717, 1.165) is 0 Å². The molecule has 1 unspecified atom stereocenters. The second kappa shape index (κ2) is 15.6. The first-order chi connectivity index (χ1) is 18.9. The molecule has 42 heavy (non-hydrogen) atoms. The Hall–Kier alpha value is -1.40. The maximum Gasteiger partial charge on any atom is -1.00 e. The Morgan fingerprint density at radius 2 is 1.26 bits per heavy atom. The minimum Gasteiger partial charge on any atom is -1.00 e. The summed E-state index contributed by atoms with van der Waals surface area (Å²) in [6.45, 7) is 17.9. The molecule has 0 N–H and O–H groups in total. The fourth-order valence-corrected chi connectivity index (χ4v) is 6.83. The van der Waals surface area contributed by atoms with Gasteiger partial charge in [0.2, 0.25) is 0 Å². The Morgan fingerprint density at radius 1 is 0.810 bits per heavy atom. The third-order valence-electron chi connectivity index (χ3n) is 8.54. The topological polar surface area (TPSA) is 0 Å². The van der Waals surface area contributed by atoms with Gasteiger partial charge < -0.3 is 24.8 Å². The van der Waals surface area contributed by atoms with Gasteiger partial charge in [0, 0.05) is 10.8 Å². The van der Waals surface area contributed by atoms with Crippen LogP contribution in [0.2, 0.25) is 0 Å². The molecule has 0 saturated heterocycles. The van der Waals surface area contributed by atoms with Gasteiger partial charge in [0.1, 0.15) is 0 Å². The zero-order valence-corrected chi connectivity index (χ0v) is 30.9. The molecule has 3 aromatic carbocycles.